The lowest BCUT2D eigenvalue weighted by Gasteiger charge is -2.57. The Hall–Kier alpha value is -1.97. The van der Waals surface area contributed by atoms with Crippen LogP contribution >= 0.6 is 0 Å². The minimum absolute atomic E-state index is 0.113. The standard InChI is InChI=1S/C22H30O4/c1-13-6-7-18-21(2,3)8-5-9-22(18,4)16(13)10-14-11-17(24)20(26)15(12-23)19(14)25/h6,11-12,16,18,24-26H,5,7-10H2,1-4H3/t16-,18-,22+/m0/s1. The molecule has 3 N–H and O–H groups in total. The van der Waals surface area contributed by atoms with Crippen molar-refractivity contribution < 1.29 is 20.1 Å². The van der Waals surface area contributed by atoms with Crippen LogP contribution in [-0.2, 0) is 6.42 Å². The molecule has 4 heteroatoms. The van der Waals surface area contributed by atoms with E-state index in [9.17, 15) is 20.1 Å². The van der Waals surface area contributed by atoms with E-state index in [0.29, 0.717) is 24.2 Å². The van der Waals surface area contributed by atoms with Crippen molar-refractivity contribution in [1.29, 1.82) is 0 Å². The van der Waals surface area contributed by atoms with Crippen molar-refractivity contribution in [3.63, 3.8) is 0 Å². The maximum Gasteiger partial charge on any atom is 0.171 e. The van der Waals surface area contributed by atoms with Gasteiger partial charge >= 0.3 is 0 Å². The first-order chi connectivity index (χ1) is 12.1. The Kier molecular flexibility index (Phi) is 4.58. The number of phenols is 3. The number of allylic oxidation sites excluding steroid dienone is 2. The quantitative estimate of drug-likeness (QED) is 0.309. The highest BCUT2D eigenvalue weighted by Crippen LogP contribution is 2.60. The van der Waals surface area contributed by atoms with E-state index in [4.69, 9.17) is 0 Å². The number of fused-ring (bicyclic) bond motifs is 1. The zero-order valence-corrected chi connectivity index (χ0v) is 16.2. The highest BCUT2D eigenvalue weighted by molar-refractivity contribution is 5.86. The van der Waals surface area contributed by atoms with Crippen LogP contribution in [0.15, 0.2) is 17.7 Å². The maximum atomic E-state index is 11.2. The molecule has 0 heterocycles. The third-order valence-electron chi connectivity index (χ3n) is 7.21. The summed E-state index contributed by atoms with van der Waals surface area (Å²) in [5.74, 6) is -0.335. The number of hydrogen-bond donors (Lipinski definition) is 3. The Morgan fingerprint density at radius 2 is 1.85 bits per heavy atom. The summed E-state index contributed by atoms with van der Waals surface area (Å²) in [6, 6.07) is 1.39. The van der Waals surface area contributed by atoms with Gasteiger partial charge in [0.05, 0.1) is 0 Å². The van der Waals surface area contributed by atoms with Crippen LogP contribution in [0.2, 0.25) is 0 Å². The lowest BCUT2D eigenvalue weighted by molar-refractivity contribution is -0.0369. The van der Waals surface area contributed by atoms with E-state index in [1.807, 2.05) is 0 Å². The van der Waals surface area contributed by atoms with Crippen molar-refractivity contribution in [2.45, 2.75) is 59.8 Å². The van der Waals surface area contributed by atoms with Crippen molar-refractivity contribution in [3.05, 3.63) is 28.8 Å². The molecule has 0 aromatic heterocycles. The molecule has 1 saturated carbocycles. The molecule has 0 saturated heterocycles. The molecule has 0 aliphatic heterocycles. The van der Waals surface area contributed by atoms with Gasteiger partial charge in [0.15, 0.2) is 17.8 Å². The number of aldehydes is 1. The summed E-state index contributed by atoms with van der Waals surface area (Å²) in [6.45, 7) is 9.22. The molecule has 0 bridgehead atoms. The average molecular weight is 358 g/mol. The first-order valence-corrected chi connectivity index (χ1v) is 9.50. The van der Waals surface area contributed by atoms with Crippen LogP contribution in [0.4, 0.5) is 0 Å². The second-order valence-corrected chi connectivity index (χ2v) is 9.12. The molecule has 1 aromatic rings. The highest BCUT2D eigenvalue weighted by Gasteiger charge is 2.51. The average Bonchev–Trinajstić information content (AvgIpc) is 2.55. The molecule has 0 spiro atoms. The number of hydrogen-bond acceptors (Lipinski definition) is 4. The van der Waals surface area contributed by atoms with Crippen LogP contribution in [0.1, 0.15) is 69.3 Å². The number of rotatable bonds is 3. The van der Waals surface area contributed by atoms with Gasteiger partial charge in [-0.1, -0.05) is 38.8 Å². The summed E-state index contributed by atoms with van der Waals surface area (Å²) in [5, 5.41) is 30.3. The van der Waals surface area contributed by atoms with Gasteiger partial charge in [-0.25, -0.2) is 0 Å². The third-order valence-corrected chi connectivity index (χ3v) is 7.21. The number of carbonyl (C=O) groups excluding carboxylic acids is 1. The van der Waals surface area contributed by atoms with Gasteiger partial charge in [-0.15, -0.1) is 0 Å². The van der Waals surface area contributed by atoms with E-state index in [-0.39, 0.29) is 33.8 Å². The Morgan fingerprint density at radius 1 is 1.15 bits per heavy atom. The van der Waals surface area contributed by atoms with Crippen LogP contribution in [0.25, 0.3) is 0 Å². The molecule has 2 aliphatic carbocycles. The zero-order chi connectivity index (χ0) is 19.3. The molecule has 1 fully saturated rings. The van der Waals surface area contributed by atoms with Crippen LogP contribution in [0.5, 0.6) is 17.2 Å². The molecule has 3 rings (SSSR count). The van der Waals surface area contributed by atoms with Crippen LogP contribution < -0.4 is 0 Å². The second-order valence-electron chi connectivity index (χ2n) is 9.12. The molecule has 0 radical (unpaired) electrons. The first kappa shape index (κ1) is 18.8. The lowest BCUT2D eigenvalue weighted by atomic mass is 9.48. The Labute approximate surface area is 155 Å². The number of aromatic hydroxyl groups is 3. The fraction of sp³-hybridized carbons (Fsp3) is 0.591. The summed E-state index contributed by atoms with van der Waals surface area (Å²) < 4.78 is 0. The summed E-state index contributed by atoms with van der Waals surface area (Å²) in [4.78, 5) is 11.2. The van der Waals surface area contributed by atoms with Gasteiger partial charge in [-0.3, -0.25) is 4.79 Å². The molecule has 2 aliphatic rings. The zero-order valence-electron chi connectivity index (χ0n) is 16.2. The molecular weight excluding hydrogens is 328 g/mol. The highest BCUT2D eigenvalue weighted by atomic mass is 16.3. The molecule has 0 amide bonds. The van der Waals surface area contributed by atoms with Crippen LogP contribution in [0, 0.1) is 22.7 Å². The van der Waals surface area contributed by atoms with E-state index in [0.717, 1.165) is 12.8 Å². The van der Waals surface area contributed by atoms with E-state index in [2.05, 4.69) is 33.8 Å². The Bertz CT molecular complexity index is 762. The largest absolute Gasteiger partial charge is 0.507 e. The third kappa shape index (κ3) is 2.80. The summed E-state index contributed by atoms with van der Waals surface area (Å²) >= 11 is 0. The van der Waals surface area contributed by atoms with E-state index in [1.54, 1.807) is 0 Å². The predicted molar refractivity (Wildman–Crippen MR) is 102 cm³/mol. The van der Waals surface area contributed by atoms with E-state index < -0.39 is 5.75 Å². The first-order valence-electron chi connectivity index (χ1n) is 9.50. The van der Waals surface area contributed by atoms with Crippen molar-refractivity contribution >= 4 is 6.29 Å². The molecular formula is C22H30O4. The van der Waals surface area contributed by atoms with Gasteiger partial charge < -0.3 is 15.3 Å². The Morgan fingerprint density at radius 3 is 2.50 bits per heavy atom. The molecule has 3 atom stereocenters. The molecule has 1 aromatic carbocycles. The van der Waals surface area contributed by atoms with Crippen molar-refractivity contribution in [1.82, 2.24) is 0 Å². The fourth-order valence-electron chi connectivity index (χ4n) is 5.74. The second kappa shape index (κ2) is 6.33. The summed E-state index contributed by atoms with van der Waals surface area (Å²) in [6.07, 6.45) is 7.91. The van der Waals surface area contributed by atoms with Gasteiger partial charge in [-0.2, -0.15) is 0 Å². The molecule has 4 nitrogen and oxygen atoms in total. The van der Waals surface area contributed by atoms with Crippen molar-refractivity contribution in [2.75, 3.05) is 0 Å². The molecule has 0 unspecified atom stereocenters. The van der Waals surface area contributed by atoms with Crippen molar-refractivity contribution in [2.24, 2.45) is 22.7 Å². The summed E-state index contributed by atoms with van der Waals surface area (Å²) in [7, 11) is 0. The molecule has 142 valence electrons. The fourth-order valence-corrected chi connectivity index (χ4v) is 5.74. The van der Waals surface area contributed by atoms with E-state index >= 15 is 0 Å². The smallest absolute Gasteiger partial charge is 0.171 e. The van der Waals surface area contributed by atoms with Gasteiger partial charge in [-0.05, 0) is 66.9 Å². The minimum atomic E-state index is -0.556. The number of benzene rings is 1. The SMILES string of the molecule is CC1=CC[C@H]2C(C)(C)CCC[C@]2(C)[C@H]1Cc1cc(O)c(O)c(C=O)c1O. The monoisotopic (exact) mass is 358 g/mol. The minimum Gasteiger partial charge on any atom is -0.507 e. The lowest BCUT2D eigenvalue weighted by Crippen LogP contribution is -2.49. The number of carbonyl (C=O) groups is 1. The Balaban J connectivity index is 2.04. The predicted octanol–water partition coefficient (Wildman–Crippen LogP) is 4.96. The molecule has 26 heavy (non-hydrogen) atoms. The maximum absolute atomic E-state index is 11.2. The van der Waals surface area contributed by atoms with Gasteiger partial charge in [0.1, 0.15) is 11.3 Å². The van der Waals surface area contributed by atoms with Crippen molar-refractivity contribution in [3.8, 4) is 17.2 Å². The van der Waals surface area contributed by atoms with Gasteiger partial charge in [0.2, 0.25) is 0 Å². The normalized spacial score (nSPS) is 30.4. The van der Waals surface area contributed by atoms with Crippen LogP contribution in [-0.4, -0.2) is 21.6 Å². The van der Waals surface area contributed by atoms with Gasteiger partial charge in [0, 0.05) is 0 Å². The summed E-state index contributed by atoms with van der Waals surface area (Å²) in [5.41, 5.74) is 1.98. The van der Waals surface area contributed by atoms with Gasteiger partial charge in [0.25, 0.3) is 0 Å². The topological polar surface area (TPSA) is 77.8 Å². The van der Waals surface area contributed by atoms with E-state index in [1.165, 1.54) is 24.5 Å². The number of phenolic OH excluding ortho intramolecular Hbond substituents is 3. The van der Waals surface area contributed by atoms with Crippen LogP contribution in [0.3, 0.4) is 0 Å².